The summed E-state index contributed by atoms with van der Waals surface area (Å²) in [6.45, 7) is 0. The zero-order valence-corrected chi connectivity index (χ0v) is 12.5. The molecule has 92 valence electrons. The number of rotatable bonds is 4. The van der Waals surface area contributed by atoms with Crippen molar-refractivity contribution in [3.63, 3.8) is 0 Å². The summed E-state index contributed by atoms with van der Waals surface area (Å²) in [4.78, 5) is 7.48. The lowest BCUT2D eigenvalue weighted by molar-refractivity contribution is 0.678. The third-order valence-electron chi connectivity index (χ3n) is 1.37. The Morgan fingerprint density at radius 2 is 1.35 bits per heavy atom. The van der Waals surface area contributed by atoms with Gasteiger partial charge in [0.2, 0.25) is 19.2 Å². The summed E-state index contributed by atoms with van der Waals surface area (Å²) in [6, 6.07) is 0. The lowest BCUT2D eigenvalue weighted by Gasteiger charge is -1.94. The van der Waals surface area contributed by atoms with Crippen molar-refractivity contribution in [1.82, 2.24) is 18.7 Å². The van der Waals surface area contributed by atoms with Gasteiger partial charge in [0, 0.05) is 0 Å². The minimum absolute atomic E-state index is 0.0306. The van der Waals surface area contributed by atoms with Gasteiger partial charge in [-0.2, -0.15) is 18.7 Å². The molecule has 6 nitrogen and oxygen atoms in total. The Bertz CT molecular complexity index is 534. The second-order valence-corrected chi connectivity index (χ2v) is 8.26. The van der Waals surface area contributed by atoms with E-state index in [0.717, 1.165) is 23.1 Å². The number of aromatic nitrogens is 4. The average molecular weight is 349 g/mol. The fraction of sp³-hybridized carbons (Fsp3) is 0.200. The minimum atomic E-state index is -1.53. The zero-order chi connectivity index (χ0) is 12.4. The lowest BCUT2D eigenvalue weighted by Crippen LogP contribution is -2.05. The molecule has 0 saturated heterocycles. The Morgan fingerprint density at radius 3 is 1.65 bits per heavy atom. The summed E-state index contributed by atoms with van der Waals surface area (Å²) < 4.78 is 31.3. The van der Waals surface area contributed by atoms with Crippen molar-refractivity contribution in [2.24, 2.45) is 0 Å². The molecule has 0 fully saturated rings. The van der Waals surface area contributed by atoms with E-state index in [1.807, 2.05) is 0 Å². The molecular formula is C5H2Cl2N4O2S4. The first-order chi connectivity index (χ1) is 8.06. The largest absolute Gasteiger partial charge is 0.251 e. The summed E-state index contributed by atoms with van der Waals surface area (Å²) in [6.07, 6.45) is 0. The molecule has 17 heavy (non-hydrogen) atoms. The van der Waals surface area contributed by atoms with Gasteiger partial charge < -0.3 is 0 Å². The van der Waals surface area contributed by atoms with Crippen LogP contribution >= 0.6 is 46.3 Å². The molecule has 0 amide bonds. The predicted octanol–water partition coefficient (Wildman–Crippen LogP) is 1.57. The quantitative estimate of drug-likeness (QED) is 0.833. The van der Waals surface area contributed by atoms with Gasteiger partial charge in [-0.15, -0.1) is 0 Å². The second-order valence-electron chi connectivity index (χ2n) is 2.47. The zero-order valence-electron chi connectivity index (χ0n) is 7.70. The molecular weight excluding hydrogens is 347 g/mol. The number of hydrogen-bond acceptors (Lipinski definition) is 8. The van der Waals surface area contributed by atoms with Gasteiger partial charge in [-0.25, -0.2) is 0 Å². The Hall–Kier alpha value is -0.000000000000000194. The average Bonchev–Trinajstić information content (AvgIpc) is 2.87. The number of halogens is 2. The first-order valence-electron chi connectivity index (χ1n) is 3.81. The topological polar surface area (TPSA) is 85.7 Å². The second kappa shape index (κ2) is 5.76. The summed E-state index contributed by atoms with van der Waals surface area (Å²) in [5, 5.41) is -0.0667. The first kappa shape index (κ1) is 13.4. The predicted molar refractivity (Wildman–Crippen MR) is 67.5 cm³/mol. The van der Waals surface area contributed by atoms with E-state index in [1.54, 1.807) is 0 Å². The molecule has 0 bridgehead atoms. The molecule has 0 radical (unpaired) electrons. The molecule has 2 aromatic rings. The molecule has 0 aliphatic carbocycles. The highest BCUT2D eigenvalue weighted by molar-refractivity contribution is 8.03. The molecule has 2 rings (SSSR count). The highest BCUT2D eigenvalue weighted by atomic mass is 35.5. The standard InChI is InChI=1S/C5H2Cl2N4O2S4/c6-2-8-4(14-10-2)16(12)1-17(13)5-9-3(7)11-15-5/h1H2/t16-,17-/m0/s1. The van der Waals surface area contributed by atoms with Crippen molar-refractivity contribution in [3.05, 3.63) is 10.6 Å². The number of hydrogen-bond donors (Lipinski definition) is 0. The van der Waals surface area contributed by atoms with Crippen LogP contribution in [0, 0.1) is 0 Å². The summed E-state index contributed by atoms with van der Waals surface area (Å²) in [7, 11) is -3.06. The van der Waals surface area contributed by atoms with E-state index in [1.165, 1.54) is 0 Å². The maximum atomic E-state index is 11.7. The lowest BCUT2D eigenvalue weighted by atomic mass is 11.3. The van der Waals surface area contributed by atoms with Gasteiger partial charge in [0.25, 0.3) is 0 Å². The van der Waals surface area contributed by atoms with Crippen molar-refractivity contribution in [2.75, 3.05) is 5.08 Å². The molecule has 0 aliphatic rings. The van der Waals surface area contributed by atoms with E-state index in [2.05, 4.69) is 18.7 Å². The van der Waals surface area contributed by atoms with Crippen molar-refractivity contribution in [1.29, 1.82) is 0 Å². The van der Waals surface area contributed by atoms with Crippen LogP contribution in [0.3, 0.4) is 0 Å². The van der Waals surface area contributed by atoms with Crippen LogP contribution in [-0.2, 0) is 21.6 Å². The van der Waals surface area contributed by atoms with E-state index in [9.17, 15) is 8.42 Å². The van der Waals surface area contributed by atoms with Crippen LogP contribution in [0.15, 0.2) is 8.68 Å². The molecule has 0 N–H and O–H groups in total. The van der Waals surface area contributed by atoms with Crippen LogP contribution in [-0.4, -0.2) is 32.2 Å². The Kier molecular flexibility index (Phi) is 4.55. The minimum Gasteiger partial charge on any atom is -0.251 e. The fourth-order valence-corrected chi connectivity index (χ4v) is 5.70. The monoisotopic (exact) mass is 348 g/mol. The van der Waals surface area contributed by atoms with Gasteiger partial charge in [0.05, 0.1) is 21.6 Å². The molecule has 2 aromatic heterocycles. The first-order valence-corrected chi connectivity index (χ1v) is 8.75. The van der Waals surface area contributed by atoms with Gasteiger partial charge in [0.1, 0.15) is 5.08 Å². The molecule has 0 aromatic carbocycles. The maximum Gasteiger partial charge on any atom is 0.235 e. The Labute approximate surface area is 119 Å². The van der Waals surface area contributed by atoms with E-state index in [0.29, 0.717) is 0 Å². The summed E-state index contributed by atoms with van der Waals surface area (Å²) >= 11 is 12.8. The van der Waals surface area contributed by atoms with Crippen LogP contribution < -0.4 is 0 Å². The van der Waals surface area contributed by atoms with E-state index < -0.39 is 21.6 Å². The maximum absolute atomic E-state index is 11.7. The summed E-state index contributed by atoms with van der Waals surface area (Å²) in [5.74, 6) is 0. The number of nitrogens with zero attached hydrogens (tertiary/aromatic N) is 4. The van der Waals surface area contributed by atoms with Crippen LogP contribution in [0.2, 0.25) is 10.6 Å². The molecule has 0 aliphatic heterocycles. The molecule has 0 spiro atoms. The van der Waals surface area contributed by atoms with Crippen molar-refractivity contribution in [3.8, 4) is 0 Å². The molecule has 0 unspecified atom stereocenters. The van der Waals surface area contributed by atoms with Gasteiger partial charge in [0.15, 0.2) is 0 Å². The third kappa shape index (κ3) is 3.48. The third-order valence-corrected chi connectivity index (χ3v) is 7.17. The molecule has 2 atom stereocenters. The van der Waals surface area contributed by atoms with Crippen molar-refractivity contribution < 1.29 is 8.42 Å². The smallest absolute Gasteiger partial charge is 0.235 e. The van der Waals surface area contributed by atoms with Crippen LogP contribution in [0.1, 0.15) is 0 Å². The fourth-order valence-electron chi connectivity index (χ4n) is 0.769. The van der Waals surface area contributed by atoms with E-state index >= 15 is 0 Å². The molecule has 12 heteroatoms. The van der Waals surface area contributed by atoms with E-state index in [-0.39, 0.29) is 24.3 Å². The molecule has 0 saturated carbocycles. The van der Waals surface area contributed by atoms with Crippen molar-refractivity contribution >= 4 is 67.9 Å². The molecule has 2 heterocycles. The van der Waals surface area contributed by atoms with Crippen LogP contribution in [0.5, 0.6) is 0 Å². The van der Waals surface area contributed by atoms with Gasteiger partial charge in [-0.05, 0) is 46.3 Å². The van der Waals surface area contributed by atoms with Crippen LogP contribution in [0.25, 0.3) is 0 Å². The normalized spacial score (nSPS) is 14.7. The van der Waals surface area contributed by atoms with E-state index in [4.69, 9.17) is 23.2 Å². The van der Waals surface area contributed by atoms with Gasteiger partial charge in [-0.3, -0.25) is 8.42 Å². The Morgan fingerprint density at radius 1 is 0.941 bits per heavy atom. The van der Waals surface area contributed by atoms with Crippen molar-refractivity contribution in [2.45, 2.75) is 8.68 Å². The Balaban J connectivity index is 2.07. The van der Waals surface area contributed by atoms with Gasteiger partial charge in [-0.1, -0.05) is 0 Å². The highest BCUT2D eigenvalue weighted by Gasteiger charge is 2.17. The van der Waals surface area contributed by atoms with Crippen LogP contribution in [0.4, 0.5) is 0 Å². The summed E-state index contributed by atoms with van der Waals surface area (Å²) in [5.41, 5.74) is 0. The highest BCUT2D eigenvalue weighted by Crippen LogP contribution is 2.18. The van der Waals surface area contributed by atoms with Gasteiger partial charge >= 0.3 is 0 Å². The SMILES string of the molecule is O=[S@@](C[S@](=O)c1nc(Cl)ns1)c1nc(Cl)ns1.